The molecule has 1 aromatic heterocycles. The van der Waals surface area contributed by atoms with Crippen LogP contribution in [0.3, 0.4) is 0 Å². The van der Waals surface area contributed by atoms with Crippen molar-refractivity contribution in [2.24, 2.45) is 0 Å². The van der Waals surface area contributed by atoms with E-state index in [2.05, 4.69) is 4.98 Å². The molecular weight excluding hydrogens is 196 g/mol. The molecule has 0 fully saturated rings. The Labute approximate surface area is 87.1 Å². The number of hydrogen-bond acceptors (Lipinski definition) is 3. The van der Waals surface area contributed by atoms with Gasteiger partial charge in [-0.1, -0.05) is 6.08 Å². The van der Waals surface area contributed by atoms with Crippen LogP contribution in [0.2, 0.25) is 0 Å². The second-order valence-electron chi connectivity index (χ2n) is 3.09. The molecule has 0 unspecified atom stereocenters. The molecule has 1 heterocycles. The molecule has 1 aromatic rings. The average Bonchev–Trinajstić information content (AvgIpc) is 2.70. The zero-order valence-corrected chi connectivity index (χ0v) is 8.38. The van der Waals surface area contributed by atoms with Gasteiger partial charge < -0.3 is 5.11 Å². The summed E-state index contributed by atoms with van der Waals surface area (Å²) in [6, 6.07) is 0. The Bertz CT molecular complexity index is 379. The third-order valence-electron chi connectivity index (χ3n) is 1.94. The maximum Gasteiger partial charge on any atom is 0.330 e. The molecule has 5 heteroatoms. The monoisotopic (exact) mass is 208 g/mol. The molecule has 1 rings (SSSR count). The van der Waals surface area contributed by atoms with Crippen LogP contribution in [0, 0.1) is 0 Å². The van der Waals surface area contributed by atoms with Crippen molar-refractivity contribution in [1.29, 1.82) is 0 Å². The minimum absolute atomic E-state index is 0.0954. The van der Waals surface area contributed by atoms with Crippen LogP contribution >= 0.6 is 0 Å². The highest BCUT2D eigenvalue weighted by Gasteiger charge is 2.03. The highest BCUT2D eigenvalue weighted by atomic mass is 16.4. The Morgan fingerprint density at radius 3 is 2.80 bits per heavy atom. The fourth-order valence-electron chi connectivity index (χ4n) is 1.04. The third-order valence-corrected chi connectivity index (χ3v) is 1.94. The summed E-state index contributed by atoms with van der Waals surface area (Å²) in [6.07, 6.45) is 6.76. The molecule has 0 saturated carbocycles. The molecular formula is C10H12N2O3. The first-order valence-electron chi connectivity index (χ1n) is 4.52. The Kier molecular flexibility index (Phi) is 3.79. The number of hydrogen-bond donors (Lipinski definition) is 1. The van der Waals surface area contributed by atoms with E-state index in [1.165, 1.54) is 30.1 Å². The van der Waals surface area contributed by atoms with Crippen molar-refractivity contribution in [2.75, 3.05) is 0 Å². The number of carbonyl (C=O) groups excluding carboxylic acids is 1. The van der Waals surface area contributed by atoms with Gasteiger partial charge in [0.05, 0.1) is 0 Å². The number of carboxylic acid groups (broad SMARTS) is 1. The molecule has 0 aromatic carbocycles. The van der Waals surface area contributed by atoms with Gasteiger partial charge >= 0.3 is 5.97 Å². The lowest BCUT2D eigenvalue weighted by atomic mass is 10.2. The molecule has 0 aliphatic heterocycles. The Balaban J connectivity index is 2.42. The second kappa shape index (κ2) is 5.09. The number of aliphatic carboxylic acids is 1. The number of rotatable bonds is 4. The summed E-state index contributed by atoms with van der Waals surface area (Å²) in [4.78, 5) is 25.6. The summed E-state index contributed by atoms with van der Waals surface area (Å²) in [5.41, 5.74) is 0.258. The SMILES string of the molecule is CC(=CCCC(=O)n1ccnc1)C(=O)O. The van der Waals surface area contributed by atoms with Crippen LogP contribution in [0.1, 0.15) is 24.6 Å². The van der Waals surface area contributed by atoms with Crippen LogP contribution in [-0.4, -0.2) is 26.5 Å². The molecule has 80 valence electrons. The highest BCUT2D eigenvalue weighted by molar-refractivity contribution is 5.86. The highest BCUT2D eigenvalue weighted by Crippen LogP contribution is 2.01. The number of carboxylic acids is 1. The van der Waals surface area contributed by atoms with Crippen LogP contribution in [0.25, 0.3) is 0 Å². The third kappa shape index (κ3) is 3.38. The maximum atomic E-state index is 11.4. The summed E-state index contributed by atoms with van der Waals surface area (Å²) in [7, 11) is 0. The summed E-state index contributed by atoms with van der Waals surface area (Å²) in [6.45, 7) is 1.50. The van der Waals surface area contributed by atoms with Gasteiger partial charge in [0.15, 0.2) is 0 Å². The number of nitrogens with zero attached hydrogens (tertiary/aromatic N) is 2. The maximum absolute atomic E-state index is 11.4. The number of carbonyl (C=O) groups is 2. The van der Waals surface area contributed by atoms with E-state index < -0.39 is 5.97 Å². The van der Waals surface area contributed by atoms with E-state index in [-0.39, 0.29) is 17.9 Å². The summed E-state index contributed by atoms with van der Waals surface area (Å²) in [5.74, 6) is -1.05. The van der Waals surface area contributed by atoms with Gasteiger partial charge in [-0.05, 0) is 13.3 Å². The van der Waals surface area contributed by atoms with Crippen LogP contribution in [0.15, 0.2) is 30.4 Å². The summed E-state index contributed by atoms with van der Waals surface area (Å²) in [5, 5.41) is 8.56. The largest absolute Gasteiger partial charge is 0.478 e. The first kappa shape index (κ1) is 11.2. The van der Waals surface area contributed by atoms with Crippen LogP contribution in [0.5, 0.6) is 0 Å². The van der Waals surface area contributed by atoms with Gasteiger partial charge in [-0.15, -0.1) is 0 Å². The molecule has 1 N–H and O–H groups in total. The van der Waals surface area contributed by atoms with Crippen molar-refractivity contribution in [3.63, 3.8) is 0 Å². The number of imidazole rings is 1. The van der Waals surface area contributed by atoms with E-state index in [0.29, 0.717) is 6.42 Å². The van der Waals surface area contributed by atoms with Crippen molar-refractivity contribution in [2.45, 2.75) is 19.8 Å². The van der Waals surface area contributed by atoms with Gasteiger partial charge in [-0.25, -0.2) is 9.78 Å². The van der Waals surface area contributed by atoms with Crippen molar-refractivity contribution < 1.29 is 14.7 Å². The average molecular weight is 208 g/mol. The molecule has 0 radical (unpaired) electrons. The van der Waals surface area contributed by atoms with E-state index in [0.717, 1.165) is 0 Å². The first-order chi connectivity index (χ1) is 7.11. The number of allylic oxidation sites excluding steroid dienone is 1. The zero-order valence-electron chi connectivity index (χ0n) is 8.38. The fraction of sp³-hybridized carbons (Fsp3) is 0.300. The molecule has 0 amide bonds. The number of aromatic nitrogens is 2. The lowest BCUT2D eigenvalue weighted by Gasteiger charge is -1.98. The predicted octanol–water partition coefficient (Wildman–Crippen LogP) is 1.33. The molecule has 0 aliphatic rings. The van der Waals surface area contributed by atoms with Crippen molar-refractivity contribution >= 4 is 11.9 Å². The molecule has 0 saturated heterocycles. The second-order valence-corrected chi connectivity index (χ2v) is 3.09. The summed E-state index contributed by atoms with van der Waals surface area (Å²) < 4.78 is 1.38. The lowest BCUT2D eigenvalue weighted by molar-refractivity contribution is -0.132. The Morgan fingerprint density at radius 2 is 2.27 bits per heavy atom. The van der Waals surface area contributed by atoms with Crippen molar-refractivity contribution in [3.05, 3.63) is 30.4 Å². The normalized spacial score (nSPS) is 11.4. The molecule has 0 atom stereocenters. The molecule has 5 nitrogen and oxygen atoms in total. The minimum Gasteiger partial charge on any atom is -0.478 e. The first-order valence-corrected chi connectivity index (χ1v) is 4.52. The molecule has 0 spiro atoms. The van der Waals surface area contributed by atoms with Gasteiger partial charge in [-0.2, -0.15) is 0 Å². The molecule has 15 heavy (non-hydrogen) atoms. The molecule has 0 aliphatic carbocycles. The molecule has 0 bridgehead atoms. The van der Waals surface area contributed by atoms with E-state index in [9.17, 15) is 9.59 Å². The van der Waals surface area contributed by atoms with Crippen LogP contribution in [-0.2, 0) is 4.79 Å². The topological polar surface area (TPSA) is 72.2 Å². The van der Waals surface area contributed by atoms with Gasteiger partial charge in [0.1, 0.15) is 6.33 Å². The quantitative estimate of drug-likeness (QED) is 0.758. The van der Waals surface area contributed by atoms with Gasteiger partial charge in [0.25, 0.3) is 0 Å². The van der Waals surface area contributed by atoms with Gasteiger partial charge in [0.2, 0.25) is 5.91 Å². The van der Waals surface area contributed by atoms with E-state index in [4.69, 9.17) is 5.11 Å². The van der Waals surface area contributed by atoms with Crippen LogP contribution in [0.4, 0.5) is 0 Å². The Morgan fingerprint density at radius 1 is 1.53 bits per heavy atom. The van der Waals surface area contributed by atoms with Gasteiger partial charge in [-0.3, -0.25) is 9.36 Å². The Hall–Kier alpha value is -1.91. The van der Waals surface area contributed by atoms with Crippen molar-refractivity contribution in [1.82, 2.24) is 9.55 Å². The standard InChI is InChI=1S/C10H12N2O3/c1-8(10(14)15)3-2-4-9(13)12-6-5-11-7-12/h3,5-7H,2,4H2,1H3,(H,14,15). The van der Waals surface area contributed by atoms with Crippen molar-refractivity contribution in [3.8, 4) is 0 Å². The van der Waals surface area contributed by atoms with Gasteiger partial charge in [0, 0.05) is 24.4 Å². The van der Waals surface area contributed by atoms with Crippen LogP contribution < -0.4 is 0 Å². The summed E-state index contributed by atoms with van der Waals surface area (Å²) >= 11 is 0. The fourth-order valence-corrected chi connectivity index (χ4v) is 1.04. The smallest absolute Gasteiger partial charge is 0.330 e. The minimum atomic E-state index is -0.954. The van der Waals surface area contributed by atoms with E-state index >= 15 is 0 Å². The lowest BCUT2D eigenvalue weighted by Crippen LogP contribution is -2.07. The predicted molar refractivity (Wildman–Crippen MR) is 53.5 cm³/mol. The van der Waals surface area contributed by atoms with E-state index in [1.54, 1.807) is 6.20 Å². The zero-order chi connectivity index (χ0) is 11.3. The van der Waals surface area contributed by atoms with E-state index in [1.807, 2.05) is 0 Å².